The maximum Gasteiger partial charge on any atom is 0.410 e. The van der Waals surface area contributed by atoms with E-state index in [-0.39, 0.29) is 24.3 Å². The summed E-state index contributed by atoms with van der Waals surface area (Å²) in [4.78, 5) is 29.3. The van der Waals surface area contributed by atoms with Crippen LogP contribution >= 0.6 is 0 Å². The fraction of sp³-hybridized carbons (Fsp3) is 0.704. The summed E-state index contributed by atoms with van der Waals surface area (Å²) in [6.45, 7) is 7.38. The molecule has 1 aliphatic carbocycles. The first-order valence-electron chi connectivity index (χ1n) is 12.9. The lowest BCUT2D eigenvalue weighted by atomic mass is 9.77. The van der Waals surface area contributed by atoms with E-state index in [1.54, 1.807) is 4.90 Å². The molecule has 7 nitrogen and oxygen atoms in total. The van der Waals surface area contributed by atoms with Gasteiger partial charge >= 0.3 is 12.1 Å². The van der Waals surface area contributed by atoms with Crippen LogP contribution in [0.1, 0.15) is 77.2 Å². The minimum Gasteiger partial charge on any atom is -0.444 e. The third kappa shape index (κ3) is 5.68. The SMILES string of the molecule is CN1CCC2(CCCN(C(=O)OC(C)(C)C)C2COC2CCC(c3ccccc3)CC2)NC1=O. The van der Waals surface area contributed by atoms with Gasteiger partial charge in [0.2, 0.25) is 0 Å². The number of urea groups is 1. The van der Waals surface area contributed by atoms with Crippen molar-refractivity contribution in [2.75, 3.05) is 26.7 Å². The molecule has 1 spiro atoms. The summed E-state index contributed by atoms with van der Waals surface area (Å²) >= 11 is 0. The molecule has 2 heterocycles. The van der Waals surface area contributed by atoms with Gasteiger partial charge in [0, 0.05) is 20.1 Å². The van der Waals surface area contributed by atoms with Gasteiger partial charge in [-0.05, 0) is 77.2 Å². The Balaban J connectivity index is 1.44. The molecule has 7 heteroatoms. The first-order valence-corrected chi connectivity index (χ1v) is 12.9. The van der Waals surface area contributed by atoms with Gasteiger partial charge in [0.25, 0.3) is 0 Å². The summed E-state index contributed by atoms with van der Waals surface area (Å²) < 4.78 is 12.2. The van der Waals surface area contributed by atoms with E-state index in [4.69, 9.17) is 9.47 Å². The average Bonchev–Trinajstić information content (AvgIpc) is 2.80. The number of nitrogens with zero attached hydrogens (tertiary/aromatic N) is 2. The Morgan fingerprint density at radius 3 is 2.44 bits per heavy atom. The highest BCUT2D eigenvalue weighted by atomic mass is 16.6. The Labute approximate surface area is 204 Å². The average molecular weight is 472 g/mol. The van der Waals surface area contributed by atoms with Gasteiger partial charge in [-0.25, -0.2) is 9.59 Å². The molecule has 34 heavy (non-hydrogen) atoms. The second kappa shape index (κ2) is 10.1. The molecule has 3 amide bonds. The lowest BCUT2D eigenvalue weighted by Gasteiger charge is -2.53. The van der Waals surface area contributed by atoms with Crippen molar-refractivity contribution < 1.29 is 19.1 Å². The lowest BCUT2D eigenvalue weighted by molar-refractivity contribution is -0.0641. The molecule has 2 saturated heterocycles. The van der Waals surface area contributed by atoms with Gasteiger partial charge in [0.1, 0.15) is 5.60 Å². The first-order chi connectivity index (χ1) is 16.2. The van der Waals surface area contributed by atoms with Crippen molar-refractivity contribution in [3.05, 3.63) is 35.9 Å². The molecule has 2 aliphatic heterocycles. The third-order valence-electron chi connectivity index (χ3n) is 7.69. The molecule has 3 fully saturated rings. The summed E-state index contributed by atoms with van der Waals surface area (Å²) in [5.41, 5.74) is 0.371. The highest BCUT2D eigenvalue weighted by molar-refractivity contribution is 5.76. The van der Waals surface area contributed by atoms with E-state index in [1.165, 1.54) is 5.56 Å². The standard InChI is InChI=1S/C27H41N3O4/c1-26(2,3)34-25(32)30-17-8-15-27(16-18-29(4)24(31)28-27)23(30)19-33-22-13-11-21(12-14-22)20-9-6-5-7-10-20/h5-7,9-10,21-23H,8,11-19H2,1-4H3,(H,28,31). The summed E-state index contributed by atoms with van der Waals surface area (Å²) in [7, 11) is 1.81. The Bertz CT molecular complexity index is 847. The summed E-state index contributed by atoms with van der Waals surface area (Å²) in [5, 5.41) is 3.25. The molecular formula is C27H41N3O4. The molecule has 2 unspecified atom stereocenters. The van der Waals surface area contributed by atoms with Crippen LogP contribution in [0, 0.1) is 0 Å². The van der Waals surface area contributed by atoms with Gasteiger partial charge in [-0.15, -0.1) is 0 Å². The smallest absolute Gasteiger partial charge is 0.410 e. The van der Waals surface area contributed by atoms with Gasteiger partial charge in [-0.3, -0.25) is 0 Å². The van der Waals surface area contributed by atoms with Gasteiger partial charge < -0.3 is 24.6 Å². The van der Waals surface area contributed by atoms with Crippen LogP contribution in [0.4, 0.5) is 9.59 Å². The van der Waals surface area contributed by atoms with Crippen molar-refractivity contribution in [2.24, 2.45) is 0 Å². The number of nitrogens with one attached hydrogen (secondary N) is 1. The van der Waals surface area contributed by atoms with Crippen molar-refractivity contribution in [1.82, 2.24) is 15.1 Å². The van der Waals surface area contributed by atoms with Gasteiger partial charge in [0.15, 0.2) is 0 Å². The summed E-state index contributed by atoms with van der Waals surface area (Å²) in [5.74, 6) is 0.591. The largest absolute Gasteiger partial charge is 0.444 e. The van der Waals surface area contributed by atoms with Crippen LogP contribution in [0.3, 0.4) is 0 Å². The van der Waals surface area contributed by atoms with Crippen LogP contribution < -0.4 is 5.32 Å². The van der Waals surface area contributed by atoms with Crippen LogP contribution in [0.5, 0.6) is 0 Å². The monoisotopic (exact) mass is 471 g/mol. The predicted molar refractivity (Wildman–Crippen MR) is 132 cm³/mol. The molecule has 1 aromatic rings. The quantitative estimate of drug-likeness (QED) is 0.677. The van der Waals surface area contributed by atoms with Crippen molar-refractivity contribution in [3.63, 3.8) is 0 Å². The molecule has 0 radical (unpaired) electrons. The molecule has 1 saturated carbocycles. The number of ether oxygens (including phenoxy) is 2. The van der Waals surface area contributed by atoms with E-state index in [0.717, 1.165) is 44.9 Å². The van der Waals surface area contributed by atoms with E-state index in [9.17, 15) is 9.59 Å². The summed E-state index contributed by atoms with van der Waals surface area (Å²) in [6.07, 6.45) is 6.60. The van der Waals surface area contributed by atoms with Crippen LogP contribution in [0.2, 0.25) is 0 Å². The van der Waals surface area contributed by atoms with Crippen LogP contribution in [-0.2, 0) is 9.47 Å². The zero-order chi connectivity index (χ0) is 24.3. The summed E-state index contributed by atoms with van der Waals surface area (Å²) in [6, 6.07) is 10.4. The third-order valence-corrected chi connectivity index (χ3v) is 7.69. The predicted octanol–water partition coefficient (Wildman–Crippen LogP) is 4.91. The molecule has 4 rings (SSSR count). The van der Waals surface area contributed by atoms with E-state index in [2.05, 4.69) is 35.6 Å². The van der Waals surface area contributed by atoms with E-state index in [0.29, 0.717) is 25.6 Å². The Morgan fingerprint density at radius 1 is 1.09 bits per heavy atom. The zero-order valence-corrected chi connectivity index (χ0v) is 21.2. The maximum atomic E-state index is 13.2. The Kier molecular flexibility index (Phi) is 7.41. The second-order valence-electron chi connectivity index (χ2n) is 11.3. The highest BCUT2D eigenvalue weighted by Crippen LogP contribution is 2.37. The van der Waals surface area contributed by atoms with Crippen molar-refractivity contribution in [2.45, 2.75) is 94.9 Å². The first kappa shape index (κ1) is 24.8. The van der Waals surface area contributed by atoms with E-state index >= 15 is 0 Å². The molecule has 188 valence electrons. The van der Waals surface area contributed by atoms with E-state index in [1.807, 2.05) is 32.7 Å². The minimum absolute atomic E-state index is 0.0781. The number of hydrogen-bond acceptors (Lipinski definition) is 4. The molecule has 1 aromatic carbocycles. The number of benzene rings is 1. The number of carbonyl (C=O) groups excluding carboxylic acids is 2. The molecule has 0 aromatic heterocycles. The fourth-order valence-electron chi connectivity index (χ4n) is 5.77. The minimum atomic E-state index is -0.570. The normalized spacial score (nSPS) is 30.2. The molecule has 2 atom stereocenters. The van der Waals surface area contributed by atoms with Crippen molar-refractivity contribution >= 4 is 12.1 Å². The number of piperidine rings is 1. The zero-order valence-electron chi connectivity index (χ0n) is 21.2. The number of amides is 3. The topological polar surface area (TPSA) is 71.1 Å². The number of rotatable bonds is 4. The number of likely N-dealkylation sites (tertiary alicyclic amines) is 1. The molecular weight excluding hydrogens is 430 g/mol. The highest BCUT2D eigenvalue weighted by Gasteiger charge is 2.50. The lowest BCUT2D eigenvalue weighted by Crippen LogP contribution is -2.71. The molecule has 0 bridgehead atoms. The number of hydrogen-bond donors (Lipinski definition) is 1. The Hall–Kier alpha value is -2.28. The van der Waals surface area contributed by atoms with Crippen LogP contribution in [-0.4, -0.2) is 72.0 Å². The maximum absolute atomic E-state index is 13.2. The second-order valence-corrected chi connectivity index (χ2v) is 11.3. The van der Waals surface area contributed by atoms with Gasteiger partial charge in [0.05, 0.1) is 24.3 Å². The van der Waals surface area contributed by atoms with Gasteiger partial charge in [-0.1, -0.05) is 30.3 Å². The van der Waals surface area contributed by atoms with E-state index < -0.39 is 11.1 Å². The molecule has 1 N–H and O–H groups in total. The Morgan fingerprint density at radius 2 is 1.79 bits per heavy atom. The van der Waals surface area contributed by atoms with Crippen molar-refractivity contribution in [3.8, 4) is 0 Å². The van der Waals surface area contributed by atoms with Crippen LogP contribution in [0.25, 0.3) is 0 Å². The number of carbonyl (C=O) groups is 2. The fourth-order valence-corrected chi connectivity index (χ4v) is 5.77. The molecule has 3 aliphatic rings. The van der Waals surface area contributed by atoms with Crippen molar-refractivity contribution in [1.29, 1.82) is 0 Å². The van der Waals surface area contributed by atoms with Crippen LogP contribution in [0.15, 0.2) is 30.3 Å². The van der Waals surface area contributed by atoms with Gasteiger partial charge in [-0.2, -0.15) is 0 Å².